The Morgan fingerprint density at radius 3 is 2.31 bits per heavy atom. The minimum absolute atomic E-state index is 0.00228. The molecule has 2 aromatic carbocycles. The van der Waals surface area contributed by atoms with Gasteiger partial charge < -0.3 is 44.5 Å². The fourth-order valence-corrected chi connectivity index (χ4v) is 6.01. The minimum atomic E-state index is -1.46. The molecule has 2 aliphatic carbocycles. The standard InChI is InChI=1S/C28H32O11/c1-10-6-7-12-16(25(10)36-4)23(33)18-17(20(12)30)21(31)13-8-28(3,35)9-14(15(13)22(18)32)39-27-24(34)26(37-5)19(29)11(2)38-27/h6-7,11,14,19,24,26-27,29,31-32,34-35H,8-9H2,1-5H3/t11?,14-,19?,24?,26?,27?,28+/m0/s1. The van der Waals surface area contributed by atoms with Gasteiger partial charge in [0.15, 0.2) is 12.1 Å². The minimum Gasteiger partial charge on any atom is -0.507 e. The summed E-state index contributed by atoms with van der Waals surface area (Å²) >= 11 is 0. The molecule has 1 heterocycles. The van der Waals surface area contributed by atoms with E-state index in [4.69, 9.17) is 18.9 Å². The van der Waals surface area contributed by atoms with Crippen molar-refractivity contribution in [1.29, 1.82) is 0 Å². The number of carbonyl (C=O) groups is 2. The Bertz CT molecular complexity index is 1360. The molecule has 3 aliphatic rings. The monoisotopic (exact) mass is 544 g/mol. The number of methoxy groups -OCH3 is 2. The SMILES string of the molecule is COc1c(C)ccc2c1C(=O)c1c(O)c3c(c(O)c1C2=O)C[C@@](C)(O)C[C@@H]3OC1OC(C)C(O)C(OC)C1O. The van der Waals surface area contributed by atoms with Crippen molar-refractivity contribution in [2.75, 3.05) is 14.2 Å². The molecule has 7 atom stereocenters. The summed E-state index contributed by atoms with van der Waals surface area (Å²) in [6, 6.07) is 3.09. The molecule has 210 valence electrons. The van der Waals surface area contributed by atoms with Crippen LogP contribution in [0.3, 0.4) is 0 Å². The predicted octanol–water partition coefficient (Wildman–Crippen LogP) is 1.43. The van der Waals surface area contributed by atoms with E-state index in [0.717, 1.165) is 0 Å². The molecule has 11 heteroatoms. The molecule has 5 N–H and O–H groups in total. The van der Waals surface area contributed by atoms with Crippen molar-refractivity contribution in [1.82, 2.24) is 0 Å². The van der Waals surface area contributed by atoms with Gasteiger partial charge >= 0.3 is 0 Å². The molecule has 0 spiro atoms. The van der Waals surface area contributed by atoms with Crippen molar-refractivity contribution < 1.29 is 54.1 Å². The maximum absolute atomic E-state index is 13.8. The van der Waals surface area contributed by atoms with Crippen LogP contribution in [0, 0.1) is 6.92 Å². The van der Waals surface area contributed by atoms with Gasteiger partial charge in [-0.25, -0.2) is 0 Å². The first-order valence-corrected chi connectivity index (χ1v) is 12.6. The maximum Gasteiger partial charge on any atom is 0.202 e. The molecule has 0 aromatic heterocycles. The van der Waals surface area contributed by atoms with Gasteiger partial charge in [-0.1, -0.05) is 6.07 Å². The molecule has 0 radical (unpaired) electrons. The summed E-state index contributed by atoms with van der Waals surface area (Å²) < 4.78 is 22.4. The summed E-state index contributed by atoms with van der Waals surface area (Å²) in [6.45, 7) is 4.78. The first-order valence-electron chi connectivity index (χ1n) is 12.6. The average molecular weight is 545 g/mol. The van der Waals surface area contributed by atoms with Gasteiger partial charge in [0.1, 0.15) is 35.6 Å². The largest absolute Gasteiger partial charge is 0.507 e. The molecular weight excluding hydrogens is 512 g/mol. The summed E-state index contributed by atoms with van der Waals surface area (Å²) in [5, 5.41) is 55.1. The highest BCUT2D eigenvalue weighted by Gasteiger charge is 2.49. The fraction of sp³-hybridized carbons (Fsp3) is 0.500. The van der Waals surface area contributed by atoms with Gasteiger partial charge in [-0.05, 0) is 32.4 Å². The maximum atomic E-state index is 13.8. The van der Waals surface area contributed by atoms with Crippen molar-refractivity contribution >= 4 is 11.6 Å². The molecule has 1 fully saturated rings. The third kappa shape index (κ3) is 4.12. The first-order chi connectivity index (χ1) is 18.3. The highest BCUT2D eigenvalue weighted by atomic mass is 16.7. The van der Waals surface area contributed by atoms with Crippen LogP contribution in [-0.4, -0.2) is 87.6 Å². The normalized spacial score (nSPS) is 31.9. The van der Waals surface area contributed by atoms with Crippen LogP contribution in [-0.2, 0) is 20.6 Å². The number of ketones is 2. The second kappa shape index (κ2) is 9.54. The molecule has 0 bridgehead atoms. The van der Waals surface area contributed by atoms with Gasteiger partial charge in [-0.2, -0.15) is 0 Å². The number of fused-ring (bicyclic) bond motifs is 3. The van der Waals surface area contributed by atoms with Gasteiger partial charge in [0.2, 0.25) is 5.78 Å². The third-order valence-corrected chi connectivity index (χ3v) is 7.93. The number of ether oxygens (including phenoxy) is 4. The number of aromatic hydroxyl groups is 2. The van der Waals surface area contributed by atoms with Crippen LogP contribution in [0.4, 0.5) is 0 Å². The van der Waals surface area contributed by atoms with Gasteiger partial charge in [-0.15, -0.1) is 0 Å². The average Bonchev–Trinajstić information content (AvgIpc) is 2.87. The zero-order valence-electron chi connectivity index (χ0n) is 22.2. The number of benzene rings is 2. The second-order valence-electron chi connectivity index (χ2n) is 10.7. The number of aryl methyl sites for hydroxylation is 1. The van der Waals surface area contributed by atoms with E-state index in [1.165, 1.54) is 27.2 Å². The number of carbonyl (C=O) groups excluding carboxylic acids is 2. The lowest BCUT2D eigenvalue weighted by molar-refractivity contribution is -0.311. The van der Waals surface area contributed by atoms with Gasteiger partial charge in [0, 0.05) is 36.6 Å². The van der Waals surface area contributed by atoms with Crippen molar-refractivity contribution in [3.05, 3.63) is 51.1 Å². The molecule has 11 nitrogen and oxygen atoms in total. The molecule has 0 amide bonds. The van der Waals surface area contributed by atoms with E-state index in [1.807, 2.05) is 0 Å². The lowest BCUT2D eigenvalue weighted by Crippen LogP contribution is -2.58. The summed E-state index contributed by atoms with van der Waals surface area (Å²) in [7, 11) is 2.69. The number of phenolic OH excluding ortho intramolecular Hbond substituents is 2. The molecule has 2 aromatic rings. The van der Waals surface area contributed by atoms with Crippen LogP contribution in [0.15, 0.2) is 12.1 Å². The van der Waals surface area contributed by atoms with Crippen LogP contribution in [0.2, 0.25) is 0 Å². The number of hydrogen-bond donors (Lipinski definition) is 5. The van der Waals surface area contributed by atoms with E-state index >= 15 is 0 Å². The Morgan fingerprint density at radius 1 is 1.00 bits per heavy atom. The Balaban J connectivity index is 1.66. The quantitative estimate of drug-likeness (QED) is 0.301. The summed E-state index contributed by atoms with van der Waals surface area (Å²) in [4.78, 5) is 27.3. The molecule has 39 heavy (non-hydrogen) atoms. The summed E-state index contributed by atoms with van der Waals surface area (Å²) in [6.07, 6.45) is -7.19. The number of aliphatic hydroxyl groups is 3. The van der Waals surface area contributed by atoms with E-state index in [9.17, 15) is 35.1 Å². The smallest absolute Gasteiger partial charge is 0.202 e. The second-order valence-corrected chi connectivity index (χ2v) is 10.7. The van der Waals surface area contributed by atoms with Gasteiger partial charge in [0.05, 0.1) is 41.6 Å². The molecule has 1 saturated heterocycles. The Morgan fingerprint density at radius 2 is 1.67 bits per heavy atom. The van der Waals surface area contributed by atoms with Crippen LogP contribution in [0.25, 0.3) is 0 Å². The Labute approximate surface area is 224 Å². The van der Waals surface area contributed by atoms with Crippen molar-refractivity contribution in [2.24, 2.45) is 0 Å². The van der Waals surface area contributed by atoms with Crippen LogP contribution >= 0.6 is 0 Å². The number of hydrogen-bond acceptors (Lipinski definition) is 11. The van der Waals surface area contributed by atoms with Crippen molar-refractivity contribution in [2.45, 2.75) is 76.0 Å². The van der Waals surface area contributed by atoms with E-state index in [2.05, 4.69) is 0 Å². The lowest BCUT2D eigenvalue weighted by Gasteiger charge is -2.44. The zero-order chi connectivity index (χ0) is 28.5. The predicted molar refractivity (Wildman–Crippen MR) is 134 cm³/mol. The molecule has 5 unspecified atom stereocenters. The number of rotatable bonds is 4. The molecule has 0 saturated carbocycles. The van der Waals surface area contributed by atoms with Gasteiger partial charge in [0.25, 0.3) is 0 Å². The topological polar surface area (TPSA) is 172 Å². The molecule has 1 aliphatic heterocycles. The fourth-order valence-electron chi connectivity index (χ4n) is 6.01. The van der Waals surface area contributed by atoms with Crippen molar-refractivity contribution in [3.8, 4) is 17.2 Å². The van der Waals surface area contributed by atoms with E-state index < -0.39 is 71.0 Å². The van der Waals surface area contributed by atoms with Gasteiger partial charge in [-0.3, -0.25) is 9.59 Å². The number of phenols is 2. The summed E-state index contributed by atoms with van der Waals surface area (Å²) in [5.41, 5.74) is -1.58. The van der Waals surface area contributed by atoms with E-state index in [1.54, 1.807) is 19.9 Å². The van der Waals surface area contributed by atoms with Crippen molar-refractivity contribution in [3.63, 3.8) is 0 Å². The van der Waals surface area contributed by atoms with Crippen LogP contribution in [0.5, 0.6) is 17.2 Å². The number of aliphatic hydroxyl groups excluding tert-OH is 2. The molecule has 5 rings (SSSR count). The summed E-state index contributed by atoms with van der Waals surface area (Å²) in [5.74, 6) is -2.32. The highest BCUT2D eigenvalue weighted by molar-refractivity contribution is 6.31. The Hall–Kier alpha value is -3.06. The van der Waals surface area contributed by atoms with Crippen LogP contribution < -0.4 is 4.74 Å². The lowest BCUT2D eigenvalue weighted by atomic mass is 9.73. The Kier molecular flexibility index (Phi) is 6.73. The highest BCUT2D eigenvalue weighted by Crippen LogP contribution is 2.52. The zero-order valence-corrected chi connectivity index (χ0v) is 22.2. The van der Waals surface area contributed by atoms with E-state index in [-0.39, 0.29) is 46.4 Å². The van der Waals surface area contributed by atoms with Crippen LogP contribution in [0.1, 0.15) is 74.9 Å². The molecular formula is C28H32O11. The third-order valence-electron chi connectivity index (χ3n) is 7.93. The van der Waals surface area contributed by atoms with E-state index in [0.29, 0.717) is 5.56 Å². The first kappa shape index (κ1) is 27.5.